The zero-order chi connectivity index (χ0) is 13.6. The van der Waals surface area contributed by atoms with Gasteiger partial charge in [-0.1, -0.05) is 19.8 Å². The molecule has 1 aromatic heterocycles. The summed E-state index contributed by atoms with van der Waals surface area (Å²) in [6, 6.07) is 3.45. The van der Waals surface area contributed by atoms with Crippen LogP contribution < -0.4 is 0 Å². The van der Waals surface area contributed by atoms with Crippen molar-refractivity contribution in [2.24, 2.45) is 11.8 Å². The van der Waals surface area contributed by atoms with E-state index in [1.807, 2.05) is 6.07 Å². The highest BCUT2D eigenvalue weighted by atomic mass is 32.1. The van der Waals surface area contributed by atoms with Crippen LogP contribution in [0.4, 0.5) is 4.39 Å². The molecule has 1 N–H and O–H groups in total. The molecule has 1 aliphatic carbocycles. The molecule has 2 unspecified atom stereocenters. The van der Waals surface area contributed by atoms with Gasteiger partial charge in [0.2, 0.25) is 0 Å². The second-order valence-corrected chi connectivity index (χ2v) is 6.21. The highest BCUT2D eigenvalue weighted by Gasteiger charge is 2.24. The quantitative estimate of drug-likeness (QED) is 0.797. The minimum atomic E-state index is -0.176. The summed E-state index contributed by atoms with van der Waals surface area (Å²) in [6.07, 6.45) is 3.90. The Morgan fingerprint density at radius 2 is 2.21 bits per heavy atom. The van der Waals surface area contributed by atoms with Gasteiger partial charge in [0.1, 0.15) is 5.82 Å². The lowest BCUT2D eigenvalue weighted by atomic mass is 9.98. The van der Waals surface area contributed by atoms with Gasteiger partial charge in [-0.15, -0.1) is 0 Å². The van der Waals surface area contributed by atoms with E-state index < -0.39 is 0 Å². The van der Waals surface area contributed by atoms with Crippen LogP contribution in [0.25, 0.3) is 11.0 Å². The molecule has 1 fully saturated rings. The van der Waals surface area contributed by atoms with E-state index in [1.165, 1.54) is 19.3 Å². The number of rotatable bonds is 2. The maximum Gasteiger partial charge on any atom is 0.178 e. The molecule has 1 aromatic carbocycles. The van der Waals surface area contributed by atoms with Crippen LogP contribution in [0.3, 0.4) is 0 Å². The summed E-state index contributed by atoms with van der Waals surface area (Å²) in [7, 11) is 0. The second-order valence-electron chi connectivity index (χ2n) is 5.83. The van der Waals surface area contributed by atoms with Crippen molar-refractivity contribution >= 4 is 23.3 Å². The number of benzene rings is 1. The maximum absolute atomic E-state index is 13.6. The minimum Gasteiger partial charge on any atom is -0.330 e. The van der Waals surface area contributed by atoms with Crippen molar-refractivity contribution in [2.75, 3.05) is 0 Å². The van der Waals surface area contributed by atoms with Crippen LogP contribution in [0, 0.1) is 29.3 Å². The van der Waals surface area contributed by atoms with E-state index in [0.29, 0.717) is 16.3 Å². The van der Waals surface area contributed by atoms with Crippen LogP contribution in [-0.4, -0.2) is 9.55 Å². The average molecular weight is 278 g/mol. The number of hydrogen-bond donors (Lipinski definition) is 1. The first-order chi connectivity index (χ1) is 9.06. The molecule has 1 heterocycles. The molecule has 1 aliphatic rings. The number of aromatic amines is 1. The zero-order valence-corrected chi connectivity index (χ0v) is 12.2. The molecule has 4 heteroatoms. The number of H-pyrrole nitrogens is 1. The maximum atomic E-state index is 13.6. The highest BCUT2D eigenvalue weighted by molar-refractivity contribution is 7.71. The zero-order valence-electron chi connectivity index (χ0n) is 11.4. The van der Waals surface area contributed by atoms with Gasteiger partial charge >= 0.3 is 0 Å². The van der Waals surface area contributed by atoms with Crippen LogP contribution in [0.1, 0.15) is 31.7 Å². The molecule has 2 nitrogen and oxygen atoms in total. The van der Waals surface area contributed by atoms with Gasteiger partial charge in [-0.25, -0.2) is 4.39 Å². The molecular formula is C15H19FN2S. The summed E-state index contributed by atoms with van der Waals surface area (Å²) in [4.78, 5) is 3.12. The van der Waals surface area contributed by atoms with Crippen LogP contribution in [0.15, 0.2) is 12.1 Å². The monoisotopic (exact) mass is 278 g/mol. The third-order valence-corrected chi connectivity index (χ3v) is 4.83. The van der Waals surface area contributed by atoms with E-state index in [1.54, 1.807) is 13.0 Å². The molecule has 2 aromatic rings. The van der Waals surface area contributed by atoms with Crippen LogP contribution in [0.2, 0.25) is 0 Å². The summed E-state index contributed by atoms with van der Waals surface area (Å²) < 4.78 is 16.4. The van der Waals surface area contributed by atoms with Crippen LogP contribution >= 0.6 is 12.2 Å². The number of imidazole rings is 1. The summed E-state index contributed by atoms with van der Waals surface area (Å²) in [5.74, 6) is 1.27. The van der Waals surface area contributed by atoms with Gasteiger partial charge in [0.05, 0.1) is 11.0 Å². The molecule has 3 rings (SSSR count). The van der Waals surface area contributed by atoms with Gasteiger partial charge in [-0.05, 0) is 55.1 Å². The summed E-state index contributed by atoms with van der Waals surface area (Å²) in [6.45, 7) is 5.07. The third kappa shape index (κ3) is 2.22. The Balaban J connectivity index is 2.05. The molecule has 0 amide bonds. The normalized spacial score (nSPS) is 23.3. The smallest absolute Gasteiger partial charge is 0.178 e. The van der Waals surface area contributed by atoms with E-state index >= 15 is 0 Å². The Morgan fingerprint density at radius 3 is 2.89 bits per heavy atom. The number of fused-ring (bicyclic) bond motifs is 1. The second kappa shape index (κ2) is 4.75. The van der Waals surface area contributed by atoms with E-state index in [-0.39, 0.29) is 5.82 Å². The third-order valence-electron chi connectivity index (χ3n) is 4.51. The van der Waals surface area contributed by atoms with Crippen molar-refractivity contribution in [1.29, 1.82) is 0 Å². The number of aryl methyl sites for hydroxylation is 1. The lowest BCUT2D eigenvalue weighted by molar-refractivity contribution is 0.366. The molecule has 2 atom stereocenters. The van der Waals surface area contributed by atoms with Crippen molar-refractivity contribution in [3.63, 3.8) is 0 Å². The van der Waals surface area contributed by atoms with Gasteiger partial charge in [-0.3, -0.25) is 0 Å². The van der Waals surface area contributed by atoms with E-state index in [4.69, 9.17) is 12.2 Å². The van der Waals surface area contributed by atoms with Crippen molar-refractivity contribution in [2.45, 2.75) is 39.7 Å². The van der Waals surface area contributed by atoms with Gasteiger partial charge in [0, 0.05) is 6.54 Å². The number of nitrogens with zero attached hydrogens (tertiary/aromatic N) is 1. The van der Waals surface area contributed by atoms with Gasteiger partial charge in [0.25, 0.3) is 0 Å². The van der Waals surface area contributed by atoms with Crippen molar-refractivity contribution in [3.8, 4) is 0 Å². The Labute approximate surface area is 117 Å². The Kier molecular flexibility index (Phi) is 3.21. The Bertz CT molecular complexity index is 671. The fourth-order valence-corrected chi connectivity index (χ4v) is 3.47. The molecule has 1 saturated carbocycles. The van der Waals surface area contributed by atoms with E-state index in [2.05, 4.69) is 16.5 Å². The predicted molar refractivity (Wildman–Crippen MR) is 78.3 cm³/mol. The standard InChI is InChI=1S/C15H19FN2S/c1-9-4-3-5-11(9)8-18-14-6-10(2)12(16)7-13(14)17-15(18)19/h6-7,9,11H,3-5,8H2,1-2H3,(H,17,19). The van der Waals surface area contributed by atoms with Gasteiger partial charge in [-0.2, -0.15) is 0 Å². The molecule has 0 spiro atoms. The first kappa shape index (κ1) is 12.9. The largest absolute Gasteiger partial charge is 0.330 e. The fourth-order valence-electron chi connectivity index (χ4n) is 3.19. The molecule has 0 radical (unpaired) electrons. The molecule has 0 bridgehead atoms. The Hall–Kier alpha value is -1.16. The van der Waals surface area contributed by atoms with Crippen molar-refractivity contribution in [1.82, 2.24) is 9.55 Å². The van der Waals surface area contributed by atoms with Crippen LogP contribution in [-0.2, 0) is 6.54 Å². The highest BCUT2D eigenvalue weighted by Crippen LogP contribution is 2.33. The predicted octanol–water partition coefficient (Wildman–Crippen LogP) is 4.58. The molecular weight excluding hydrogens is 259 g/mol. The lowest BCUT2D eigenvalue weighted by Crippen LogP contribution is -2.13. The molecule has 102 valence electrons. The molecule has 19 heavy (non-hydrogen) atoms. The fraction of sp³-hybridized carbons (Fsp3) is 0.533. The number of halogens is 1. The number of hydrogen-bond acceptors (Lipinski definition) is 1. The number of nitrogens with one attached hydrogen (secondary N) is 1. The van der Waals surface area contributed by atoms with E-state index in [9.17, 15) is 4.39 Å². The topological polar surface area (TPSA) is 20.7 Å². The molecule has 0 aliphatic heterocycles. The summed E-state index contributed by atoms with van der Waals surface area (Å²) in [5, 5.41) is 0. The van der Waals surface area contributed by atoms with Gasteiger partial charge in [0.15, 0.2) is 4.77 Å². The first-order valence-corrected chi connectivity index (χ1v) is 7.35. The summed E-state index contributed by atoms with van der Waals surface area (Å²) >= 11 is 5.40. The lowest BCUT2D eigenvalue weighted by Gasteiger charge is -2.16. The average Bonchev–Trinajstić information content (AvgIpc) is 2.88. The van der Waals surface area contributed by atoms with Crippen molar-refractivity contribution < 1.29 is 4.39 Å². The van der Waals surface area contributed by atoms with Crippen LogP contribution in [0.5, 0.6) is 0 Å². The Morgan fingerprint density at radius 1 is 1.42 bits per heavy atom. The first-order valence-electron chi connectivity index (χ1n) is 6.95. The molecule has 0 saturated heterocycles. The SMILES string of the molecule is Cc1cc2c(cc1F)[nH]c(=S)n2CC1CCCC1C. The van der Waals surface area contributed by atoms with Gasteiger partial charge < -0.3 is 9.55 Å². The summed E-state index contributed by atoms with van der Waals surface area (Å²) in [5.41, 5.74) is 2.51. The minimum absolute atomic E-state index is 0.176. The number of aromatic nitrogens is 2. The van der Waals surface area contributed by atoms with Crippen molar-refractivity contribution in [3.05, 3.63) is 28.3 Å². The van der Waals surface area contributed by atoms with E-state index in [0.717, 1.165) is 23.5 Å².